The molecule has 2 aromatic rings. The molecule has 1 saturated heterocycles. The number of aryl methyl sites for hydroxylation is 1. The maximum atomic E-state index is 15.1. The lowest BCUT2D eigenvalue weighted by molar-refractivity contribution is -0.00263. The van der Waals surface area contributed by atoms with Crippen LogP contribution in [0.4, 0.5) is 13.2 Å². The summed E-state index contributed by atoms with van der Waals surface area (Å²) in [5.74, 6) is -2.72. The fourth-order valence-corrected chi connectivity index (χ4v) is 4.12. The van der Waals surface area contributed by atoms with Crippen molar-refractivity contribution in [2.24, 2.45) is 0 Å². The van der Waals surface area contributed by atoms with Crippen molar-refractivity contribution in [2.75, 3.05) is 6.61 Å². The van der Waals surface area contributed by atoms with Crippen molar-refractivity contribution in [3.05, 3.63) is 46.8 Å². The van der Waals surface area contributed by atoms with E-state index in [-0.39, 0.29) is 17.4 Å². The van der Waals surface area contributed by atoms with Gasteiger partial charge in [0.15, 0.2) is 11.6 Å². The second-order valence-corrected chi connectivity index (χ2v) is 7.71. The standard InChI is InChI=1S/C23H29F3O/c1-3-5-6-8-18-11-9-17(14-27-18)19-12-10-15-13-16(7-4-2)21(24)23(26)20(15)22(19)25/h10,12-13,17-18H,3-9,11,14H2,1-2H3. The summed E-state index contributed by atoms with van der Waals surface area (Å²) in [5.41, 5.74) is 0.752. The van der Waals surface area contributed by atoms with Crippen molar-refractivity contribution >= 4 is 10.8 Å². The first kappa shape index (κ1) is 20.2. The summed E-state index contributed by atoms with van der Waals surface area (Å²) in [6.45, 7) is 4.52. The van der Waals surface area contributed by atoms with Crippen LogP contribution in [0, 0.1) is 17.5 Å². The maximum Gasteiger partial charge on any atom is 0.169 e. The zero-order valence-corrected chi connectivity index (χ0v) is 16.3. The topological polar surface area (TPSA) is 9.23 Å². The smallest absolute Gasteiger partial charge is 0.169 e. The van der Waals surface area contributed by atoms with E-state index in [0.717, 1.165) is 25.7 Å². The molecule has 2 aromatic carbocycles. The molecule has 2 atom stereocenters. The van der Waals surface area contributed by atoms with Crippen LogP contribution >= 0.6 is 0 Å². The van der Waals surface area contributed by atoms with E-state index in [1.807, 2.05) is 6.92 Å². The third-order valence-electron chi connectivity index (χ3n) is 5.69. The van der Waals surface area contributed by atoms with Gasteiger partial charge in [0.25, 0.3) is 0 Å². The van der Waals surface area contributed by atoms with E-state index >= 15 is 4.39 Å². The number of fused-ring (bicyclic) bond motifs is 1. The first-order valence-corrected chi connectivity index (χ1v) is 10.3. The normalized spacial score (nSPS) is 20.3. The second-order valence-electron chi connectivity index (χ2n) is 7.71. The first-order chi connectivity index (χ1) is 13.1. The molecule has 0 bridgehead atoms. The van der Waals surface area contributed by atoms with Crippen LogP contribution in [-0.2, 0) is 11.2 Å². The molecule has 3 rings (SSSR count). The Kier molecular flexibility index (Phi) is 6.80. The van der Waals surface area contributed by atoms with Crippen molar-refractivity contribution in [1.29, 1.82) is 0 Å². The molecular weight excluding hydrogens is 349 g/mol. The Morgan fingerprint density at radius 3 is 2.44 bits per heavy atom. The Balaban J connectivity index is 1.81. The van der Waals surface area contributed by atoms with Gasteiger partial charge in [-0.1, -0.05) is 51.7 Å². The number of benzene rings is 2. The molecule has 1 heterocycles. The van der Waals surface area contributed by atoms with Crippen molar-refractivity contribution in [2.45, 2.75) is 77.2 Å². The van der Waals surface area contributed by atoms with Gasteiger partial charge in [0.1, 0.15) is 5.82 Å². The third kappa shape index (κ3) is 4.31. The zero-order valence-electron chi connectivity index (χ0n) is 16.3. The van der Waals surface area contributed by atoms with Crippen LogP contribution in [0.25, 0.3) is 10.8 Å². The number of hydrogen-bond donors (Lipinski definition) is 0. The number of halogens is 3. The molecule has 0 amide bonds. The summed E-state index contributed by atoms with van der Waals surface area (Å²) < 4.78 is 49.9. The third-order valence-corrected chi connectivity index (χ3v) is 5.69. The molecule has 0 N–H and O–H groups in total. The van der Waals surface area contributed by atoms with Crippen molar-refractivity contribution in [3.8, 4) is 0 Å². The lowest BCUT2D eigenvalue weighted by atomic mass is 9.88. The molecule has 27 heavy (non-hydrogen) atoms. The molecule has 0 saturated carbocycles. The van der Waals surface area contributed by atoms with Crippen molar-refractivity contribution in [1.82, 2.24) is 0 Å². The summed E-state index contributed by atoms with van der Waals surface area (Å²) in [4.78, 5) is 0. The van der Waals surface area contributed by atoms with E-state index in [4.69, 9.17) is 4.74 Å². The zero-order chi connectivity index (χ0) is 19.4. The largest absolute Gasteiger partial charge is 0.378 e. The van der Waals surface area contributed by atoms with E-state index in [1.165, 1.54) is 12.8 Å². The molecule has 2 unspecified atom stereocenters. The van der Waals surface area contributed by atoms with E-state index in [0.29, 0.717) is 36.0 Å². The Morgan fingerprint density at radius 2 is 1.78 bits per heavy atom. The van der Waals surface area contributed by atoms with Crippen LogP contribution in [0.2, 0.25) is 0 Å². The summed E-state index contributed by atoms with van der Waals surface area (Å²) >= 11 is 0. The van der Waals surface area contributed by atoms with E-state index in [9.17, 15) is 8.78 Å². The summed E-state index contributed by atoms with van der Waals surface area (Å²) in [6, 6.07) is 5.00. The van der Waals surface area contributed by atoms with Crippen LogP contribution in [0.1, 0.15) is 75.8 Å². The van der Waals surface area contributed by atoms with Crippen LogP contribution < -0.4 is 0 Å². The second kappa shape index (κ2) is 9.09. The maximum absolute atomic E-state index is 15.1. The number of ether oxygens (including phenoxy) is 1. The molecule has 1 aliphatic rings. The highest BCUT2D eigenvalue weighted by molar-refractivity contribution is 5.85. The Hall–Kier alpha value is -1.55. The molecule has 0 spiro atoms. The predicted octanol–water partition coefficient (Wildman–Crippen LogP) is 7.05. The summed E-state index contributed by atoms with van der Waals surface area (Å²) in [6.07, 6.45) is 7.67. The molecule has 148 valence electrons. The van der Waals surface area contributed by atoms with Gasteiger partial charge in [-0.25, -0.2) is 13.2 Å². The molecule has 0 radical (unpaired) electrons. The van der Waals surface area contributed by atoms with Crippen LogP contribution in [-0.4, -0.2) is 12.7 Å². The van der Waals surface area contributed by atoms with Crippen molar-refractivity contribution in [3.63, 3.8) is 0 Å². The van der Waals surface area contributed by atoms with E-state index < -0.39 is 17.5 Å². The minimum atomic E-state index is -1.07. The van der Waals surface area contributed by atoms with Gasteiger partial charge >= 0.3 is 0 Å². The molecule has 1 aliphatic heterocycles. The Labute approximate surface area is 159 Å². The lowest BCUT2D eigenvalue weighted by Gasteiger charge is -2.30. The monoisotopic (exact) mass is 378 g/mol. The van der Waals surface area contributed by atoms with Gasteiger partial charge in [0, 0.05) is 5.92 Å². The minimum Gasteiger partial charge on any atom is -0.378 e. The predicted molar refractivity (Wildman–Crippen MR) is 104 cm³/mol. The summed E-state index contributed by atoms with van der Waals surface area (Å²) in [5, 5.41) is 0.197. The number of unbranched alkanes of at least 4 members (excludes halogenated alkanes) is 2. The summed E-state index contributed by atoms with van der Waals surface area (Å²) in [7, 11) is 0. The van der Waals surface area contributed by atoms with Crippen LogP contribution in [0.3, 0.4) is 0 Å². The van der Waals surface area contributed by atoms with Gasteiger partial charge in [-0.15, -0.1) is 0 Å². The average Bonchev–Trinajstić information content (AvgIpc) is 2.67. The highest BCUT2D eigenvalue weighted by Gasteiger charge is 2.27. The molecule has 4 heteroatoms. The van der Waals surface area contributed by atoms with Crippen molar-refractivity contribution < 1.29 is 17.9 Å². The SMILES string of the molecule is CCCCCC1CCC(c2ccc3cc(CCC)c(F)c(F)c3c2F)CO1. The van der Waals surface area contributed by atoms with Crippen LogP contribution in [0.5, 0.6) is 0 Å². The minimum absolute atomic E-state index is 0.102. The molecule has 0 aromatic heterocycles. The van der Waals surface area contributed by atoms with Gasteiger partial charge in [-0.05, 0) is 48.3 Å². The van der Waals surface area contributed by atoms with Gasteiger partial charge in [-0.3, -0.25) is 0 Å². The highest BCUT2D eigenvalue weighted by Crippen LogP contribution is 2.36. The number of rotatable bonds is 7. The van der Waals surface area contributed by atoms with Gasteiger partial charge < -0.3 is 4.74 Å². The highest BCUT2D eigenvalue weighted by atomic mass is 19.2. The van der Waals surface area contributed by atoms with Crippen LogP contribution in [0.15, 0.2) is 18.2 Å². The first-order valence-electron chi connectivity index (χ1n) is 10.3. The van der Waals surface area contributed by atoms with E-state index in [1.54, 1.807) is 18.2 Å². The lowest BCUT2D eigenvalue weighted by Crippen LogP contribution is -2.25. The molecule has 0 aliphatic carbocycles. The molecule has 1 nitrogen and oxygen atoms in total. The fourth-order valence-electron chi connectivity index (χ4n) is 4.12. The molecule has 1 fully saturated rings. The van der Waals surface area contributed by atoms with Gasteiger partial charge in [0.2, 0.25) is 0 Å². The van der Waals surface area contributed by atoms with Gasteiger partial charge in [0.05, 0.1) is 18.1 Å². The Morgan fingerprint density at radius 1 is 0.963 bits per heavy atom. The molecular formula is C23H29F3O. The fraction of sp³-hybridized carbons (Fsp3) is 0.565. The van der Waals surface area contributed by atoms with Gasteiger partial charge in [-0.2, -0.15) is 0 Å². The van der Waals surface area contributed by atoms with E-state index in [2.05, 4.69) is 6.92 Å². The Bertz CT molecular complexity index is 779. The average molecular weight is 378 g/mol. The quantitative estimate of drug-likeness (QED) is 0.469. The number of hydrogen-bond acceptors (Lipinski definition) is 1.